The number of carbonyl (C=O) groups excluding carboxylic acids is 2. The van der Waals surface area contributed by atoms with Gasteiger partial charge in [-0.2, -0.15) is 0 Å². The van der Waals surface area contributed by atoms with Crippen LogP contribution in [0.15, 0.2) is 65.2 Å². The maximum atomic E-state index is 12.5. The van der Waals surface area contributed by atoms with Crippen molar-refractivity contribution in [3.63, 3.8) is 0 Å². The SMILES string of the molecule is COCCNC(=O)COC(=O)c1ccccc1-c1ncc(-c2ccccc2)o1. The molecular weight excluding hydrogens is 360 g/mol. The first kappa shape index (κ1) is 19.3. The molecule has 0 radical (unpaired) electrons. The fraction of sp³-hybridized carbons (Fsp3) is 0.190. The number of nitrogens with zero attached hydrogens (tertiary/aromatic N) is 1. The highest BCUT2D eigenvalue weighted by atomic mass is 16.5. The Morgan fingerprint density at radius 2 is 1.82 bits per heavy atom. The van der Waals surface area contributed by atoms with Crippen molar-refractivity contribution in [3.05, 3.63) is 66.4 Å². The summed E-state index contributed by atoms with van der Waals surface area (Å²) in [6.07, 6.45) is 1.61. The lowest BCUT2D eigenvalue weighted by molar-refractivity contribution is -0.124. The predicted molar refractivity (Wildman–Crippen MR) is 103 cm³/mol. The van der Waals surface area contributed by atoms with E-state index in [1.54, 1.807) is 30.5 Å². The van der Waals surface area contributed by atoms with E-state index in [2.05, 4.69) is 10.3 Å². The van der Waals surface area contributed by atoms with E-state index < -0.39 is 11.9 Å². The molecule has 0 aliphatic rings. The molecule has 1 N–H and O–H groups in total. The molecule has 0 saturated carbocycles. The first-order chi connectivity index (χ1) is 13.7. The van der Waals surface area contributed by atoms with Gasteiger partial charge in [0.25, 0.3) is 5.91 Å². The quantitative estimate of drug-likeness (QED) is 0.477. The van der Waals surface area contributed by atoms with Crippen LogP contribution in [0.4, 0.5) is 0 Å². The van der Waals surface area contributed by atoms with Crippen molar-refractivity contribution in [1.82, 2.24) is 10.3 Å². The first-order valence-electron chi connectivity index (χ1n) is 8.72. The Balaban J connectivity index is 1.72. The Kier molecular flexibility index (Phi) is 6.54. The number of aromatic nitrogens is 1. The van der Waals surface area contributed by atoms with Crippen LogP contribution in [0.25, 0.3) is 22.8 Å². The van der Waals surface area contributed by atoms with Gasteiger partial charge in [-0.3, -0.25) is 4.79 Å². The van der Waals surface area contributed by atoms with Crippen LogP contribution in [0.1, 0.15) is 10.4 Å². The maximum Gasteiger partial charge on any atom is 0.339 e. The molecule has 0 atom stereocenters. The highest BCUT2D eigenvalue weighted by molar-refractivity contribution is 5.97. The smallest absolute Gasteiger partial charge is 0.339 e. The van der Waals surface area contributed by atoms with E-state index in [1.165, 1.54) is 7.11 Å². The van der Waals surface area contributed by atoms with E-state index in [-0.39, 0.29) is 12.2 Å². The number of oxazole rings is 1. The first-order valence-corrected chi connectivity index (χ1v) is 8.72. The molecule has 2 aromatic carbocycles. The van der Waals surface area contributed by atoms with Gasteiger partial charge in [0.1, 0.15) is 0 Å². The average Bonchev–Trinajstić information content (AvgIpc) is 3.23. The van der Waals surface area contributed by atoms with Crippen LogP contribution in [0.5, 0.6) is 0 Å². The highest BCUT2D eigenvalue weighted by Gasteiger charge is 2.18. The normalized spacial score (nSPS) is 10.5. The average molecular weight is 380 g/mol. The molecule has 3 aromatic rings. The Bertz CT molecular complexity index is 937. The van der Waals surface area contributed by atoms with Gasteiger partial charge in [0, 0.05) is 19.2 Å². The zero-order valence-electron chi connectivity index (χ0n) is 15.4. The van der Waals surface area contributed by atoms with Gasteiger partial charge in [-0.15, -0.1) is 0 Å². The third kappa shape index (κ3) is 4.83. The topological polar surface area (TPSA) is 90.7 Å². The second kappa shape index (κ2) is 9.48. The van der Waals surface area contributed by atoms with Crippen molar-refractivity contribution in [1.29, 1.82) is 0 Å². The maximum absolute atomic E-state index is 12.5. The number of carbonyl (C=O) groups is 2. The van der Waals surface area contributed by atoms with Crippen LogP contribution >= 0.6 is 0 Å². The number of hydrogen-bond donors (Lipinski definition) is 1. The van der Waals surface area contributed by atoms with Crippen LogP contribution in [0.2, 0.25) is 0 Å². The van der Waals surface area contributed by atoms with Gasteiger partial charge >= 0.3 is 5.97 Å². The third-order valence-electron chi connectivity index (χ3n) is 3.90. The largest absolute Gasteiger partial charge is 0.452 e. The molecule has 1 aromatic heterocycles. The number of ether oxygens (including phenoxy) is 2. The van der Waals surface area contributed by atoms with Crippen LogP contribution < -0.4 is 5.32 Å². The lowest BCUT2D eigenvalue weighted by atomic mass is 10.1. The Hall–Kier alpha value is -3.45. The molecule has 1 amide bonds. The summed E-state index contributed by atoms with van der Waals surface area (Å²) in [5.74, 6) is -0.130. The van der Waals surface area contributed by atoms with Crippen LogP contribution in [0, 0.1) is 0 Å². The molecular formula is C21H20N2O5. The fourth-order valence-corrected chi connectivity index (χ4v) is 2.53. The second-order valence-electron chi connectivity index (χ2n) is 5.86. The summed E-state index contributed by atoms with van der Waals surface area (Å²) in [7, 11) is 1.54. The summed E-state index contributed by atoms with van der Waals surface area (Å²) in [6.45, 7) is 0.357. The summed E-state index contributed by atoms with van der Waals surface area (Å²) >= 11 is 0. The van der Waals surface area contributed by atoms with E-state index in [9.17, 15) is 9.59 Å². The minimum absolute atomic E-state index is 0.272. The van der Waals surface area contributed by atoms with Gasteiger partial charge in [-0.1, -0.05) is 42.5 Å². The molecule has 7 nitrogen and oxygen atoms in total. The van der Waals surface area contributed by atoms with Crippen LogP contribution in [-0.4, -0.2) is 43.7 Å². The number of amides is 1. The molecule has 0 unspecified atom stereocenters. The number of methoxy groups -OCH3 is 1. The van der Waals surface area contributed by atoms with E-state index >= 15 is 0 Å². The summed E-state index contributed by atoms with van der Waals surface area (Å²) in [4.78, 5) is 28.4. The molecule has 0 bridgehead atoms. The van der Waals surface area contributed by atoms with E-state index in [0.29, 0.717) is 30.4 Å². The monoisotopic (exact) mass is 380 g/mol. The van der Waals surface area contributed by atoms with Gasteiger partial charge < -0.3 is 19.2 Å². The van der Waals surface area contributed by atoms with Gasteiger partial charge in [0.05, 0.1) is 23.9 Å². The lowest BCUT2D eigenvalue weighted by Crippen LogP contribution is -2.31. The molecule has 0 fully saturated rings. The zero-order valence-corrected chi connectivity index (χ0v) is 15.4. The Morgan fingerprint density at radius 1 is 1.07 bits per heavy atom. The zero-order chi connectivity index (χ0) is 19.8. The van der Waals surface area contributed by atoms with Gasteiger partial charge in [-0.05, 0) is 12.1 Å². The van der Waals surface area contributed by atoms with Crippen molar-refractivity contribution in [2.24, 2.45) is 0 Å². The Morgan fingerprint density at radius 3 is 2.61 bits per heavy atom. The number of hydrogen-bond acceptors (Lipinski definition) is 6. The summed E-state index contributed by atoms with van der Waals surface area (Å²) in [5.41, 5.74) is 1.65. The summed E-state index contributed by atoms with van der Waals surface area (Å²) < 4.78 is 15.8. The van der Waals surface area contributed by atoms with Crippen LogP contribution in [0.3, 0.4) is 0 Å². The second-order valence-corrected chi connectivity index (χ2v) is 5.86. The minimum Gasteiger partial charge on any atom is -0.452 e. The fourth-order valence-electron chi connectivity index (χ4n) is 2.53. The molecule has 3 rings (SSSR count). The molecule has 0 spiro atoms. The number of esters is 1. The van der Waals surface area contributed by atoms with Crippen molar-refractivity contribution in [2.45, 2.75) is 0 Å². The van der Waals surface area contributed by atoms with Gasteiger partial charge in [0.2, 0.25) is 5.89 Å². The van der Waals surface area contributed by atoms with E-state index in [4.69, 9.17) is 13.9 Å². The molecule has 7 heteroatoms. The highest BCUT2D eigenvalue weighted by Crippen LogP contribution is 2.28. The van der Waals surface area contributed by atoms with Crippen molar-refractivity contribution >= 4 is 11.9 Å². The molecule has 0 aliphatic carbocycles. The number of benzene rings is 2. The standard InChI is InChI=1S/C21H20N2O5/c1-26-12-11-22-19(24)14-27-21(25)17-10-6-5-9-16(17)20-23-13-18(28-20)15-7-3-2-4-8-15/h2-10,13H,11-12,14H2,1H3,(H,22,24). The van der Waals surface area contributed by atoms with Gasteiger partial charge in [0.15, 0.2) is 12.4 Å². The predicted octanol–water partition coefficient (Wildman–Crippen LogP) is 2.93. The van der Waals surface area contributed by atoms with Crippen molar-refractivity contribution < 1.29 is 23.5 Å². The summed E-state index contributed by atoms with van der Waals surface area (Å²) in [5, 5.41) is 2.59. The third-order valence-corrected chi connectivity index (χ3v) is 3.90. The van der Waals surface area contributed by atoms with Gasteiger partial charge in [-0.25, -0.2) is 9.78 Å². The van der Waals surface area contributed by atoms with Crippen molar-refractivity contribution in [2.75, 3.05) is 26.9 Å². The number of nitrogens with one attached hydrogen (secondary N) is 1. The lowest BCUT2D eigenvalue weighted by Gasteiger charge is -2.08. The van der Waals surface area contributed by atoms with Crippen LogP contribution in [-0.2, 0) is 14.3 Å². The molecule has 144 valence electrons. The van der Waals surface area contributed by atoms with Crippen molar-refractivity contribution in [3.8, 4) is 22.8 Å². The minimum atomic E-state index is -0.628. The molecule has 0 aliphatic heterocycles. The Labute approximate surface area is 162 Å². The molecule has 1 heterocycles. The number of rotatable bonds is 8. The summed E-state index contributed by atoms with van der Waals surface area (Å²) in [6, 6.07) is 16.3. The molecule has 28 heavy (non-hydrogen) atoms. The van der Waals surface area contributed by atoms with E-state index in [1.807, 2.05) is 30.3 Å². The van der Waals surface area contributed by atoms with E-state index in [0.717, 1.165) is 5.56 Å². The molecule has 0 saturated heterocycles.